The zero-order chi connectivity index (χ0) is 19.6. The minimum absolute atomic E-state index is 0.0126. The highest BCUT2D eigenvalue weighted by molar-refractivity contribution is 7.91. The summed E-state index contributed by atoms with van der Waals surface area (Å²) in [5.74, 6) is 0.245. The molecule has 1 aromatic heterocycles. The normalized spacial score (nSPS) is 18.1. The molecule has 1 amide bonds. The van der Waals surface area contributed by atoms with Crippen molar-refractivity contribution in [1.29, 1.82) is 0 Å². The maximum Gasteiger partial charge on any atom is 0.257 e. The van der Waals surface area contributed by atoms with E-state index in [2.05, 4.69) is 15.3 Å². The third-order valence-electron chi connectivity index (χ3n) is 4.62. The van der Waals surface area contributed by atoms with Crippen molar-refractivity contribution in [3.05, 3.63) is 42.2 Å². The Hall–Kier alpha value is -2.68. The molecule has 27 heavy (non-hydrogen) atoms. The average Bonchev–Trinajstić information content (AvgIpc) is 3.01. The van der Waals surface area contributed by atoms with Gasteiger partial charge in [-0.2, -0.15) is 0 Å². The van der Waals surface area contributed by atoms with Crippen molar-refractivity contribution >= 4 is 33.1 Å². The SMILES string of the molecule is CN(C)c1ccc(Nc2ncc(C(=O)N(C)C3CCS(=O)(=O)C3)cn2)cc1. The van der Waals surface area contributed by atoms with Crippen LogP contribution in [0.3, 0.4) is 0 Å². The molecule has 2 aromatic rings. The van der Waals surface area contributed by atoms with Gasteiger partial charge in [-0.05, 0) is 30.7 Å². The molecular formula is C18H23N5O3S. The number of amides is 1. The first kappa shape index (κ1) is 19.1. The van der Waals surface area contributed by atoms with Crippen molar-refractivity contribution in [2.45, 2.75) is 12.5 Å². The lowest BCUT2D eigenvalue weighted by Crippen LogP contribution is -2.37. The lowest BCUT2D eigenvalue weighted by atomic mass is 10.2. The number of carbonyl (C=O) groups excluding carboxylic acids is 1. The maximum atomic E-state index is 12.5. The molecule has 1 saturated heterocycles. The number of nitrogens with zero attached hydrogens (tertiary/aromatic N) is 4. The molecule has 0 saturated carbocycles. The standard InChI is InChI=1S/C18H23N5O3S/c1-22(2)15-6-4-14(5-7-15)21-18-19-10-13(11-20-18)17(24)23(3)16-8-9-27(25,26)12-16/h4-7,10-11,16H,8-9,12H2,1-3H3,(H,19,20,21). The number of anilines is 3. The summed E-state index contributed by atoms with van der Waals surface area (Å²) in [6, 6.07) is 7.50. The molecule has 1 aliphatic rings. The fourth-order valence-electron chi connectivity index (χ4n) is 2.93. The van der Waals surface area contributed by atoms with E-state index in [9.17, 15) is 13.2 Å². The summed E-state index contributed by atoms with van der Waals surface area (Å²) >= 11 is 0. The lowest BCUT2D eigenvalue weighted by molar-refractivity contribution is 0.0747. The minimum atomic E-state index is -3.04. The number of rotatable bonds is 5. The van der Waals surface area contributed by atoms with Crippen LogP contribution in [0.4, 0.5) is 17.3 Å². The first-order chi connectivity index (χ1) is 12.7. The van der Waals surface area contributed by atoms with Gasteiger partial charge >= 0.3 is 0 Å². The Kier molecular flexibility index (Phi) is 5.31. The Morgan fingerprint density at radius 1 is 1.11 bits per heavy atom. The fraction of sp³-hybridized carbons (Fsp3) is 0.389. The van der Waals surface area contributed by atoms with Crippen molar-refractivity contribution in [2.24, 2.45) is 0 Å². The van der Waals surface area contributed by atoms with Crippen LogP contribution in [-0.2, 0) is 9.84 Å². The van der Waals surface area contributed by atoms with Crippen LogP contribution >= 0.6 is 0 Å². The van der Waals surface area contributed by atoms with E-state index < -0.39 is 9.84 Å². The fourth-order valence-corrected chi connectivity index (χ4v) is 4.70. The van der Waals surface area contributed by atoms with E-state index in [1.807, 2.05) is 43.3 Å². The quantitative estimate of drug-likeness (QED) is 0.829. The van der Waals surface area contributed by atoms with E-state index in [4.69, 9.17) is 0 Å². The highest BCUT2D eigenvalue weighted by Crippen LogP contribution is 2.20. The molecular weight excluding hydrogens is 366 g/mol. The van der Waals surface area contributed by atoms with E-state index in [0.29, 0.717) is 17.9 Å². The van der Waals surface area contributed by atoms with E-state index in [1.54, 1.807) is 7.05 Å². The third kappa shape index (κ3) is 4.54. The smallest absolute Gasteiger partial charge is 0.257 e. The Balaban J connectivity index is 1.65. The van der Waals surface area contributed by atoms with Crippen molar-refractivity contribution < 1.29 is 13.2 Å². The molecule has 0 aliphatic carbocycles. The maximum absolute atomic E-state index is 12.5. The molecule has 1 aromatic carbocycles. The highest BCUT2D eigenvalue weighted by Gasteiger charge is 2.33. The third-order valence-corrected chi connectivity index (χ3v) is 6.37. The number of hydrogen-bond donors (Lipinski definition) is 1. The van der Waals surface area contributed by atoms with Gasteiger partial charge in [0, 0.05) is 51.0 Å². The van der Waals surface area contributed by atoms with Crippen molar-refractivity contribution in [3.8, 4) is 0 Å². The molecule has 1 unspecified atom stereocenters. The van der Waals surface area contributed by atoms with Gasteiger partial charge in [-0.1, -0.05) is 0 Å². The van der Waals surface area contributed by atoms with Gasteiger partial charge in [-0.3, -0.25) is 4.79 Å². The molecule has 1 N–H and O–H groups in total. The van der Waals surface area contributed by atoms with Crippen LogP contribution in [0.25, 0.3) is 0 Å². The predicted octanol–water partition coefficient (Wildman–Crippen LogP) is 1.55. The van der Waals surface area contributed by atoms with Crippen molar-refractivity contribution in [2.75, 3.05) is 42.9 Å². The van der Waals surface area contributed by atoms with E-state index in [0.717, 1.165) is 11.4 Å². The monoisotopic (exact) mass is 389 g/mol. The van der Waals surface area contributed by atoms with Crippen LogP contribution in [0, 0.1) is 0 Å². The number of nitrogens with one attached hydrogen (secondary N) is 1. The molecule has 1 fully saturated rings. The zero-order valence-electron chi connectivity index (χ0n) is 15.6. The molecule has 0 radical (unpaired) electrons. The van der Waals surface area contributed by atoms with Crippen LogP contribution < -0.4 is 10.2 Å². The van der Waals surface area contributed by atoms with E-state index in [1.165, 1.54) is 17.3 Å². The van der Waals surface area contributed by atoms with Crippen LogP contribution in [0.2, 0.25) is 0 Å². The first-order valence-corrected chi connectivity index (χ1v) is 10.4. The summed E-state index contributed by atoms with van der Waals surface area (Å²) in [5.41, 5.74) is 2.25. The van der Waals surface area contributed by atoms with Gasteiger partial charge < -0.3 is 15.1 Å². The highest BCUT2D eigenvalue weighted by atomic mass is 32.2. The molecule has 8 nitrogen and oxygen atoms in total. The van der Waals surface area contributed by atoms with E-state index in [-0.39, 0.29) is 23.5 Å². The van der Waals surface area contributed by atoms with Gasteiger partial charge in [-0.25, -0.2) is 18.4 Å². The van der Waals surface area contributed by atoms with Gasteiger partial charge in [0.05, 0.1) is 17.1 Å². The van der Waals surface area contributed by atoms with Crippen LogP contribution in [0.5, 0.6) is 0 Å². The summed E-state index contributed by atoms with van der Waals surface area (Å²) in [6.45, 7) is 0. The summed E-state index contributed by atoms with van der Waals surface area (Å²) in [5, 5.41) is 3.09. The van der Waals surface area contributed by atoms with Crippen molar-refractivity contribution in [3.63, 3.8) is 0 Å². The predicted molar refractivity (Wildman–Crippen MR) is 105 cm³/mol. The number of sulfone groups is 1. The largest absolute Gasteiger partial charge is 0.378 e. The number of benzene rings is 1. The van der Waals surface area contributed by atoms with Gasteiger partial charge in [0.2, 0.25) is 5.95 Å². The summed E-state index contributed by atoms with van der Waals surface area (Å²) in [4.78, 5) is 24.4. The molecule has 2 heterocycles. The Labute approximate surface area is 159 Å². The Morgan fingerprint density at radius 2 is 1.74 bits per heavy atom. The van der Waals surface area contributed by atoms with Gasteiger partial charge in [0.1, 0.15) is 0 Å². The first-order valence-electron chi connectivity index (χ1n) is 8.59. The minimum Gasteiger partial charge on any atom is -0.378 e. The second-order valence-electron chi connectivity index (χ2n) is 6.83. The summed E-state index contributed by atoms with van der Waals surface area (Å²) < 4.78 is 23.2. The molecule has 0 spiro atoms. The van der Waals surface area contributed by atoms with Crippen molar-refractivity contribution in [1.82, 2.24) is 14.9 Å². The molecule has 3 rings (SSSR count). The molecule has 1 aliphatic heterocycles. The summed E-state index contributed by atoms with van der Waals surface area (Å²) in [6.07, 6.45) is 3.37. The number of carbonyl (C=O) groups is 1. The van der Waals surface area contributed by atoms with Gasteiger partial charge in [-0.15, -0.1) is 0 Å². The zero-order valence-corrected chi connectivity index (χ0v) is 16.4. The molecule has 144 valence electrons. The number of aromatic nitrogens is 2. The van der Waals surface area contributed by atoms with Crippen LogP contribution in [-0.4, -0.2) is 67.9 Å². The lowest BCUT2D eigenvalue weighted by Gasteiger charge is -2.23. The van der Waals surface area contributed by atoms with Crippen LogP contribution in [0.1, 0.15) is 16.8 Å². The van der Waals surface area contributed by atoms with Gasteiger partial charge in [0.25, 0.3) is 5.91 Å². The van der Waals surface area contributed by atoms with E-state index >= 15 is 0 Å². The molecule has 9 heteroatoms. The summed E-state index contributed by atoms with van der Waals surface area (Å²) in [7, 11) is 2.52. The second kappa shape index (κ2) is 7.51. The Bertz CT molecular complexity index is 911. The topological polar surface area (TPSA) is 95.5 Å². The second-order valence-corrected chi connectivity index (χ2v) is 9.06. The Morgan fingerprint density at radius 3 is 2.26 bits per heavy atom. The number of hydrogen-bond acceptors (Lipinski definition) is 7. The average molecular weight is 389 g/mol. The van der Waals surface area contributed by atoms with Gasteiger partial charge in [0.15, 0.2) is 9.84 Å². The molecule has 1 atom stereocenters. The van der Waals surface area contributed by atoms with Crippen LogP contribution in [0.15, 0.2) is 36.7 Å². The molecule has 0 bridgehead atoms.